The number of unbranched alkanes of at least 4 members (excludes halogenated alkanes) is 2. The molecule has 0 N–H and O–H groups in total. The van der Waals surface area contributed by atoms with Gasteiger partial charge < -0.3 is 0 Å². The first-order chi connectivity index (χ1) is 11.3. The number of anilines is 1. The van der Waals surface area contributed by atoms with Crippen molar-refractivity contribution >= 4 is 27.8 Å². The molecule has 0 amide bonds. The summed E-state index contributed by atoms with van der Waals surface area (Å²) in [6, 6.07) is 18.2. The maximum Gasteiger partial charge on any atom is 0.102 e. The second kappa shape index (κ2) is 9.86. The van der Waals surface area contributed by atoms with Gasteiger partial charge in [0.1, 0.15) is 6.54 Å². The zero-order valence-electron chi connectivity index (χ0n) is 13.4. The number of rotatable bonds is 6. The Labute approximate surface area is 147 Å². The fourth-order valence-electron chi connectivity index (χ4n) is 1.97. The van der Waals surface area contributed by atoms with Gasteiger partial charge in [0.25, 0.3) is 0 Å². The highest BCUT2D eigenvalue weighted by Crippen LogP contribution is 2.14. The zero-order chi connectivity index (χ0) is 16.3. The molecule has 0 aliphatic rings. The first kappa shape index (κ1) is 17.3. The molecule has 0 unspecified atom stereocenters. The average Bonchev–Trinajstić information content (AvgIpc) is 2.59. The van der Waals surface area contributed by atoms with Crippen LogP contribution in [0, 0.1) is 11.8 Å². The van der Waals surface area contributed by atoms with E-state index >= 15 is 0 Å². The number of nitrogens with zero attached hydrogens (tertiary/aromatic N) is 2. The molecular weight excluding hydrogens is 348 g/mol. The van der Waals surface area contributed by atoms with Crippen molar-refractivity contribution < 1.29 is 0 Å². The molecule has 23 heavy (non-hydrogen) atoms. The van der Waals surface area contributed by atoms with Crippen LogP contribution in [0.5, 0.6) is 0 Å². The van der Waals surface area contributed by atoms with E-state index in [1.165, 1.54) is 6.42 Å². The Balaban J connectivity index is 2.09. The molecule has 118 valence electrons. The summed E-state index contributed by atoms with van der Waals surface area (Å²) in [6.45, 7) is 2.78. The van der Waals surface area contributed by atoms with Crippen molar-refractivity contribution in [3.05, 3.63) is 64.6 Å². The minimum Gasteiger partial charge on any atom is -0.254 e. The van der Waals surface area contributed by atoms with Crippen LogP contribution in [0.25, 0.3) is 0 Å². The molecule has 0 fully saturated rings. The van der Waals surface area contributed by atoms with Crippen molar-refractivity contribution in [3.63, 3.8) is 0 Å². The van der Waals surface area contributed by atoms with Crippen LogP contribution >= 0.6 is 15.9 Å². The molecule has 0 aliphatic carbocycles. The minimum atomic E-state index is 0.598. The largest absolute Gasteiger partial charge is 0.254 e. The molecule has 0 aliphatic heterocycles. The summed E-state index contributed by atoms with van der Waals surface area (Å²) in [6.07, 6.45) is 5.15. The van der Waals surface area contributed by atoms with Gasteiger partial charge >= 0.3 is 0 Å². The number of hydrogen-bond acceptors (Lipinski definition) is 2. The Morgan fingerprint density at radius 2 is 1.78 bits per heavy atom. The van der Waals surface area contributed by atoms with Gasteiger partial charge in [-0.05, 0) is 36.2 Å². The average molecular weight is 369 g/mol. The number of halogens is 1. The van der Waals surface area contributed by atoms with Crippen molar-refractivity contribution in [2.24, 2.45) is 5.10 Å². The van der Waals surface area contributed by atoms with E-state index in [1.807, 2.05) is 65.8 Å². The third kappa shape index (κ3) is 6.30. The fraction of sp³-hybridized carbons (Fsp3) is 0.250. The van der Waals surface area contributed by atoms with Gasteiger partial charge in [-0.1, -0.05) is 65.5 Å². The highest BCUT2D eigenvalue weighted by atomic mass is 79.9. The third-order valence-corrected chi connectivity index (χ3v) is 3.81. The van der Waals surface area contributed by atoms with Crippen molar-refractivity contribution in [2.45, 2.75) is 26.2 Å². The quantitative estimate of drug-likeness (QED) is 0.285. The molecule has 0 bridgehead atoms. The lowest BCUT2D eigenvalue weighted by Crippen LogP contribution is -2.16. The first-order valence-corrected chi connectivity index (χ1v) is 8.66. The summed E-state index contributed by atoms with van der Waals surface area (Å²) >= 11 is 3.44. The maximum atomic E-state index is 4.60. The molecule has 2 aromatic carbocycles. The Bertz CT molecular complexity index is 666. The van der Waals surface area contributed by atoms with Crippen LogP contribution in [0.4, 0.5) is 5.69 Å². The van der Waals surface area contributed by atoms with Gasteiger partial charge in [0, 0.05) is 10.9 Å². The van der Waals surface area contributed by atoms with Gasteiger partial charge in [0.05, 0.1) is 11.9 Å². The number of hydrogen-bond donors (Lipinski definition) is 0. The molecular formula is C20H21BrN2. The van der Waals surface area contributed by atoms with E-state index in [1.54, 1.807) is 0 Å². The molecule has 3 heteroatoms. The van der Waals surface area contributed by atoms with Gasteiger partial charge in [-0.3, -0.25) is 5.01 Å². The Kier molecular flexibility index (Phi) is 7.42. The smallest absolute Gasteiger partial charge is 0.102 e. The molecule has 2 aromatic rings. The Morgan fingerprint density at radius 3 is 2.48 bits per heavy atom. The normalized spacial score (nSPS) is 10.3. The van der Waals surface area contributed by atoms with E-state index in [9.17, 15) is 0 Å². The number of benzene rings is 2. The topological polar surface area (TPSA) is 15.6 Å². The highest BCUT2D eigenvalue weighted by molar-refractivity contribution is 9.10. The third-order valence-electron chi connectivity index (χ3n) is 3.28. The van der Waals surface area contributed by atoms with Gasteiger partial charge in [-0.15, -0.1) is 5.92 Å². The second-order valence-electron chi connectivity index (χ2n) is 5.15. The SMILES string of the molecule is CCCCC#CCN(/N=C/c1ccc(Br)cc1)c1ccccc1. The van der Waals surface area contributed by atoms with E-state index in [0.717, 1.165) is 28.6 Å². The first-order valence-electron chi connectivity index (χ1n) is 7.87. The summed E-state index contributed by atoms with van der Waals surface area (Å²) < 4.78 is 1.07. The zero-order valence-corrected chi connectivity index (χ0v) is 15.0. The molecule has 2 nitrogen and oxygen atoms in total. The van der Waals surface area contributed by atoms with Crippen molar-refractivity contribution in [2.75, 3.05) is 11.6 Å². The fourth-order valence-corrected chi connectivity index (χ4v) is 2.23. The predicted octanol–water partition coefficient (Wildman–Crippen LogP) is 5.48. The molecule has 0 saturated heterocycles. The molecule has 0 spiro atoms. The molecule has 0 saturated carbocycles. The van der Waals surface area contributed by atoms with Crippen LogP contribution in [0.1, 0.15) is 31.7 Å². The van der Waals surface area contributed by atoms with E-state index in [2.05, 4.69) is 39.8 Å². The number of hydrazone groups is 1. The van der Waals surface area contributed by atoms with Crippen LogP contribution in [-0.2, 0) is 0 Å². The monoisotopic (exact) mass is 368 g/mol. The van der Waals surface area contributed by atoms with Gasteiger partial charge in [0.15, 0.2) is 0 Å². The van der Waals surface area contributed by atoms with E-state index in [-0.39, 0.29) is 0 Å². The van der Waals surface area contributed by atoms with Crippen LogP contribution in [0.15, 0.2) is 64.2 Å². The maximum absolute atomic E-state index is 4.60. The Morgan fingerprint density at radius 1 is 1.04 bits per heavy atom. The lowest BCUT2D eigenvalue weighted by atomic mass is 10.2. The van der Waals surface area contributed by atoms with E-state index < -0.39 is 0 Å². The standard InChI is InChI=1S/C20H21BrN2/c1-2-3-4-5-9-16-23(20-10-7-6-8-11-20)22-17-18-12-14-19(21)15-13-18/h6-8,10-15,17H,2-4,16H2,1H3/b22-17+. The summed E-state index contributed by atoms with van der Waals surface area (Å²) in [4.78, 5) is 0. The summed E-state index contributed by atoms with van der Waals surface area (Å²) in [5, 5.41) is 6.53. The molecule has 0 heterocycles. The minimum absolute atomic E-state index is 0.598. The van der Waals surface area contributed by atoms with Gasteiger partial charge in [-0.25, -0.2) is 0 Å². The lowest BCUT2D eigenvalue weighted by molar-refractivity contribution is 0.827. The van der Waals surface area contributed by atoms with Gasteiger partial charge in [0.2, 0.25) is 0 Å². The van der Waals surface area contributed by atoms with E-state index in [0.29, 0.717) is 6.54 Å². The van der Waals surface area contributed by atoms with Crippen LogP contribution in [0.3, 0.4) is 0 Å². The Hall–Kier alpha value is -2.05. The predicted molar refractivity (Wildman–Crippen MR) is 103 cm³/mol. The van der Waals surface area contributed by atoms with Crippen molar-refractivity contribution in [1.82, 2.24) is 0 Å². The summed E-state index contributed by atoms with van der Waals surface area (Å²) in [7, 11) is 0. The van der Waals surface area contributed by atoms with Crippen LogP contribution in [-0.4, -0.2) is 12.8 Å². The summed E-state index contributed by atoms with van der Waals surface area (Å²) in [5.74, 6) is 6.44. The second-order valence-corrected chi connectivity index (χ2v) is 6.06. The van der Waals surface area contributed by atoms with Gasteiger partial charge in [-0.2, -0.15) is 5.10 Å². The molecule has 0 atom stereocenters. The van der Waals surface area contributed by atoms with Crippen molar-refractivity contribution in [1.29, 1.82) is 0 Å². The van der Waals surface area contributed by atoms with Crippen LogP contribution in [0.2, 0.25) is 0 Å². The van der Waals surface area contributed by atoms with Crippen LogP contribution < -0.4 is 5.01 Å². The molecule has 0 radical (unpaired) electrons. The highest BCUT2D eigenvalue weighted by Gasteiger charge is 2.01. The molecule has 2 rings (SSSR count). The van der Waals surface area contributed by atoms with E-state index in [4.69, 9.17) is 0 Å². The lowest BCUT2D eigenvalue weighted by Gasteiger charge is -2.16. The summed E-state index contributed by atoms with van der Waals surface area (Å²) in [5.41, 5.74) is 2.11. The molecule has 0 aromatic heterocycles. The van der Waals surface area contributed by atoms with Crippen molar-refractivity contribution in [3.8, 4) is 11.8 Å². The number of para-hydroxylation sites is 1.